The lowest BCUT2D eigenvalue weighted by Crippen LogP contribution is -2.22. The number of nitrogens with one attached hydrogen (secondary N) is 1. The first-order valence-corrected chi connectivity index (χ1v) is 8.96. The molecular weight excluding hydrogens is 462 g/mol. The van der Waals surface area contributed by atoms with Gasteiger partial charge in [-0.25, -0.2) is 0 Å². The van der Waals surface area contributed by atoms with Crippen LogP contribution in [0.25, 0.3) is 0 Å². The molecule has 0 aromatic heterocycles. The largest absolute Gasteiger partial charge is 0.496 e. The Morgan fingerprint density at radius 1 is 1.05 bits per heavy atom. The fraction of sp³-hybridized carbons (Fsp3) is 0.250. The molecule has 0 saturated carbocycles. The van der Waals surface area contributed by atoms with Crippen molar-refractivity contribution in [3.05, 3.63) is 60.9 Å². The van der Waals surface area contributed by atoms with Crippen LogP contribution in [0.1, 0.15) is 24.1 Å². The highest BCUT2D eigenvalue weighted by atomic mass is 79.9. The predicted molar refractivity (Wildman–Crippen MR) is 98.1 cm³/mol. The summed E-state index contributed by atoms with van der Waals surface area (Å²) < 4.78 is 8.41. The zero-order valence-electron chi connectivity index (χ0n) is 11.8. The summed E-state index contributed by atoms with van der Waals surface area (Å²) in [4.78, 5) is 0. The number of hydrogen-bond acceptors (Lipinski definition) is 2. The van der Waals surface area contributed by atoms with E-state index in [9.17, 15) is 0 Å². The van der Waals surface area contributed by atoms with Crippen molar-refractivity contribution in [3.8, 4) is 5.75 Å². The average Bonchev–Trinajstić information content (AvgIpc) is 2.47. The Morgan fingerprint density at radius 2 is 1.81 bits per heavy atom. The minimum atomic E-state index is 0.115. The lowest BCUT2D eigenvalue weighted by Gasteiger charge is -2.21. The molecular formula is C16H16Br3NO. The third-order valence-corrected chi connectivity index (χ3v) is 5.02. The van der Waals surface area contributed by atoms with Gasteiger partial charge in [0.1, 0.15) is 5.75 Å². The van der Waals surface area contributed by atoms with Crippen LogP contribution in [0.3, 0.4) is 0 Å². The van der Waals surface area contributed by atoms with Crippen LogP contribution in [0.5, 0.6) is 5.75 Å². The zero-order chi connectivity index (χ0) is 15.4. The van der Waals surface area contributed by atoms with Gasteiger partial charge in [0.15, 0.2) is 0 Å². The molecule has 2 aromatic carbocycles. The molecule has 2 nitrogen and oxygen atoms in total. The molecule has 0 aliphatic carbocycles. The van der Waals surface area contributed by atoms with Gasteiger partial charge in [0, 0.05) is 8.95 Å². The maximum Gasteiger partial charge on any atom is 0.133 e. The Morgan fingerprint density at radius 3 is 2.43 bits per heavy atom. The van der Waals surface area contributed by atoms with Gasteiger partial charge in [-0.1, -0.05) is 44.8 Å². The highest BCUT2D eigenvalue weighted by molar-refractivity contribution is 9.11. The number of rotatable bonds is 5. The van der Waals surface area contributed by atoms with E-state index < -0.39 is 0 Å². The molecule has 0 saturated heterocycles. The summed E-state index contributed by atoms with van der Waals surface area (Å²) in [6.07, 6.45) is 0. The van der Waals surface area contributed by atoms with Crippen molar-refractivity contribution in [3.63, 3.8) is 0 Å². The van der Waals surface area contributed by atoms with E-state index in [-0.39, 0.29) is 6.04 Å². The first-order chi connectivity index (χ1) is 10.1. The molecule has 0 fully saturated rings. The lowest BCUT2D eigenvalue weighted by atomic mass is 9.98. The van der Waals surface area contributed by atoms with Gasteiger partial charge >= 0.3 is 0 Å². The van der Waals surface area contributed by atoms with Crippen molar-refractivity contribution in [2.75, 3.05) is 13.7 Å². The van der Waals surface area contributed by atoms with Gasteiger partial charge < -0.3 is 10.1 Å². The number of benzene rings is 2. The lowest BCUT2D eigenvalue weighted by molar-refractivity contribution is 0.412. The van der Waals surface area contributed by atoms with Gasteiger partial charge in [0.05, 0.1) is 17.6 Å². The Kier molecular flexibility index (Phi) is 6.29. The van der Waals surface area contributed by atoms with E-state index in [0.717, 1.165) is 25.7 Å². The summed E-state index contributed by atoms with van der Waals surface area (Å²) >= 11 is 10.8. The number of ether oxygens (including phenoxy) is 1. The highest BCUT2D eigenvalue weighted by Crippen LogP contribution is 2.34. The second-order valence-corrected chi connectivity index (χ2v) is 7.17. The number of methoxy groups -OCH3 is 1. The van der Waals surface area contributed by atoms with E-state index in [1.807, 2.05) is 12.1 Å². The van der Waals surface area contributed by atoms with E-state index >= 15 is 0 Å². The molecule has 21 heavy (non-hydrogen) atoms. The highest BCUT2D eigenvalue weighted by Gasteiger charge is 2.17. The third-order valence-electron chi connectivity index (χ3n) is 3.19. The predicted octanol–water partition coefficient (Wildman–Crippen LogP) is 5.68. The van der Waals surface area contributed by atoms with Gasteiger partial charge in [0.25, 0.3) is 0 Å². The molecule has 0 amide bonds. The minimum Gasteiger partial charge on any atom is -0.496 e. The van der Waals surface area contributed by atoms with E-state index in [0.29, 0.717) is 0 Å². The van der Waals surface area contributed by atoms with Crippen molar-refractivity contribution in [2.45, 2.75) is 13.0 Å². The second kappa shape index (κ2) is 7.77. The van der Waals surface area contributed by atoms with Crippen LogP contribution < -0.4 is 10.1 Å². The Bertz CT molecular complexity index is 631. The average molecular weight is 478 g/mol. The van der Waals surface area contributed by atoms with Crippen molar-refractivity contribution in [1.82, 2.24) is 5.32 Å². The van der Waals surface area contributed by atoms with Crippen LogP contribution in [0.15, 0.2) is 49.8 Å². The summed E-state index contributed by atoms with van der Waals surface area (Å²) in [5.74, 6) is 0.835. The molecule has 5 heteroatoms. The monoisotopic (exact) mass is 475 g/mol. The Balaban J connectivity index is 2.48. The van der Waals surface area contributed by atoms with Crippen LogP contribution >= 0.6 is 47.8 Å². The maximum absolute atomic E-state index is 5.30. The molecule has 0 bridgehead atoms. The molecule has 1 atom stereocenters. The smallest absolute Gasteiger partial charge is 0.133 e. The first-order valence-electron chi connectivity index (χ1n) is 6.58. The van der Waals surface area contributed by atoms with Gasteiger partial charge in [-0.2, -0.15) is 0 Å². The Hall–Kier alpha value is -0.360. The third kappa shape index (κ3) is 4.09. The molecule has 2 aromatic rings. The standard InChI is InChI=1S/C16H16Br3NO/c1-3-20-16(12-9-11(17)5-6-13(12)18)10-4-7-15(21-2)14(19)8-10/h4-9,16,20H,3H2,1-2H3. The molecule has 0 spiro atoms. The maximum atomic E-state index is 5.30. The molecule has 0 heterocycles. The normalized spacial score (nSPS) is 12.2. The van der Waals surface area contributed by atoms with E-state index in [1.165, 1.54) is 11.1 Å². The van der Waals surface area contributed by atoms with Crippen molar-refractivity contribution in [1.29, 1.82) is 0 Å². The van der Waals surface area contributed by atoms with Crippen LogP contribution in [-0.4, -0.2) is 13.7 Å². The minimum absolute atomic E-state index is 0.115. The SMILES string of the molecule is CCNC(c1ccc(OC)c(Br)c1)c1cc(Br)ccc1Br. The molecule has 2 rings (SSSR count). The summed E-state index contributed by atoms with van der Waals surface area (Å²) in [7, 11) is 1.67. The van der Waals surface area contributed by atoms with Gasteiger partial charge in [-0.05, 0) is 63.9 Å². The topological polar surface area (TPSA) is 21.3 Å². The zero-order valence-corrected chi connectivity index (χ0v) is 16.5. The summed E-state index contributed by atoms with van der Waals surface area (Å²) in [6, 6.07) is 12.5. The second-order valence-electron chi connectivity index (χ2n) is 4.55. The number of halogens is 3. The molecule has 0 aliphatic rings. The fourth-order valence-corrected chi connectivity index (χ4v) is 3.62. The van der Waals surface area contributed by atoms with Gasteiger partial charge in [-0.3, -0.25) is 0 Å². The van der Waals surface area contributed by atoms with Crippen molar-refractivity contribution in [2.24, 2.45) is 0 Å². The van der Waals surface area contributed by atoms with Crippen LogP contribution in [0.4, 0.5) is 0 Å². The van der Waals surface area contributed by atoms with Crippen LogP contribution in [-0.2, 0) is 0 Å². The van der Waals surface area contributed by atoms with E-state index in [4.69, 9.17) is 4.74 Å². The van der Waals surface area contributed by atoms with Gasteiger partial charge in [-0.15, -0.1) is 0 Å². The molecule has 0 radical (unpaired) electrons. The molecule has 112 valence electrons. The Labute approximate surface area is 150 Å². The summed E-state index contributed by atoms with van der Waals surface area (Å²) in [5.41, 5.74) is 2.38. The van der Waals surface area contributed by atoms with Crippen molar-refractivity contribution < 1.29 is 4.74 Å². The van der Waals surface area contributed by atoms with E-state index in [1.54, 1.807) is 7.11 Å². The summed E-state index contributed by atoms with van der Waals surface area (Å²) in [6.45, 7) is 2.99. The fourth-order valence-electron chi connectivity index (χ4n) is 2.21. The first kappa shape index (κ1) is 17.0. The molecule has 1 unspecified atom stereocenters. The summed E-state index contributed by atoms with van der Waals surface area (Å²) in [5, 5.41) is 3.54. The van der Waals surface area contributed by atoms with E-state index in [2.05, 4.69) is 84.3 Å². The number of hydrogen-bond donors (Lipinski definition) is 1. The van der Waals surface area contributed by atoms with Crippen molar-refractivity contribution >= 4 is 47.8 Å². The van der Waals surface area contributed by atoms with Gasteiger partial charge in [0.2, 0.25) is 0 Å². The molecule has 1 N–H and O–H groups in total. The quantitative estimate of drug-likeness (QED) is 0.598. The van der Waals surface area contributed by atoms with Crippen LogP contribution in [0, 0.1) is 0 Å². The van der Waals surface area contributed by atoms with Crippen LogP contribution in [0.2, 0.25) is 0 Å². The molecule has 0 aliphatic heterocycles.